The van der Waals surface area contributed by atoms with Gasteiger partial charge in [0, 0.05) is 10.6 Å². The molecule has 1 aromatic carbocycles. The van der Waals surface area contributed by atoms with Gasteiger partial charge in [0.25, 0.3) is 0 Å². The van der Waals surface area contributed by atoms with E-state index in [0.717, 1.165) is 0 Å². The standard InChI is InChI=1S/C11H9ClFNO2/c1-2-16-10(15)11(13,7-14)8-5-3-4-6-9(8)12/h3-6H,2H2,1H3/t11-/m0/s1. The summed E-state index contributed by atoms with van der Waals surface area (Å²) >= 11 is 5.73. The number of rotatable bonds is 3. The van der Waals surface area contributed by atoms with Crippen LogP contribution in [0, 0.1) is 11.3 Å². The van der Waals surface area contributed by atoms with Gasteiger partial charge in [0.2, 0.25) is 0 Å². The predicted molar refractivity (Wildman–Crippen MR) is 56.5 cm³/mol. The Labute approximate surface area is 97.4 Å². The van der Waals surface area contributed by atoms with E-state index in [-0.39, 0.29) is 17.2 Å². The van der Waals surface area contributed by atoms with E-state index in [1.807, 2.05) is 0 Å². The fourth-order valence-electron chi connectivity index (χ4n) is 1.19. The first-order valence-electron chi connectivity index (χ1n) is 4.58. The van der Waals surface area contributed by atoms with Crippen molar-refractivity contribution in [2.75, 3.05) is 6.61 Å². The minimum Gasteiger partial charge on any atom is -0.463 e. The maximum atomic E-state index is 14.2. The number of nitriles is 1. The molecular formula is C11H9ClFNO2. The summed E-state index contributed by atoms with van der Waals surface area (Å²) in [5.41, 5.74) is -3.05. The normalized spacial score (nSPS) is 13.6. The lowest BCUT2D eigenvalue weighted by Gasteiger charge is -2.16. The summed E-state index contributed by atoms with van der Waals surface area (Å²) < 4.78 is 18.7. The Bertz CT molecular complexity index is 444. The first-order valence-corrected chi connectivity index (χ1v) is 4.96. The average molecular weight is 242 g/mol. The van der Waals surface area contributed by atoms with E-state index in [2.05, 4.69) is 4.74 Å². The number of hydrogen-bond acceptors (Lipinski definition) is 3. The highest BCUT2D eigenvalue weighted by Crippen LogP contribution is 2.32. The van der Waals surface area contributed by atoms with Crippen LogP contribution in [0.25, 0.3) is 0 Å². The van der Waals surface area contributed by atoms with Crippen LogP contribution in [-0.4, -0.2) is 12.6 Å². The molecule has 0 N–H and O–H groups in total. The quantitative estimate of drug-likeness (QED) is 0.765. The minimum atomic E-state index is -2.85. The van der Waals surface area contributed by atoms with Crippen molar-refractivity contribution in [1.82, 2.24) is 0 Å². The fourth-order valence-corrected chi connectivity index (χ4v) is 1.45. The van der Waals surface area contributed by atoms with Gasteiger partial charge in [-0.25, -0.2) is 9.18 Å². The molecular weight excluding hydrogens is 233 g/mol. The summed E-state index contributed by atoms with van der Waals surface area (Å²) in [5.74, 6) is -1.24. The smallest absolute Gasteiger partial charge is 0.363 e. The number of halogens is 2. The van der Waals surface area contributed by atoms with Crippen molar-refractivity contribution < 1.29 is 13.9 Å². The highest BCUT2D eigenvalue weighted by Gasteiger charge is 2.44. The molecule has 1 atom stereocenters. The third-order valence-corrected chi connectivity index (χ3v) is 2.29. The third-order valence-electron chi connectivity index (χ3n) is 1.96. The van der Waals surface area contributed by atoms with Gasteiger partial charge in [0.15, 0.2) is 0 Å². The molecule has 0 amide bonds. The molecule has 0 bridgehead atoms. The molecule has 0 aromatic heterocycles. The lowest BCUT2D eigenvalue weighted by molar-refractivity contribution is -0.154. The van der Waals surface area contributed by atoms with E-state index < -0.39 is 11.6 Å². The van der Waals surface area contributed by atoms with Crippen LogP contribution >= 0.6 is 11.6 Å². The Morgan fingerprint density at radius 1 is 1.62 bits per heavy atom. The van der Waals surface area contributed by atoms with Gasteiger partial charge in [-0.3, -0.25) is 0 Å². The molecule has 0 aliphatic carbocycles. The lowest BCUT2D eigenvalue weighted by Crippen LogP contribution is -2.31. The highest BCUT2D eigenvalue weighted by molar-refractivity contribution is 6.31. The average Bonchev–Trinajstić information content (AvgIpc) is 2.29. The molecule has 0 heterocycles. The Kier molecular flexibility index (Phi) is 3.86. The first kappa shape index (κ1) is 12.5. The highest BCUT2D eigenvalue weighted by atomic mass is 35.5. The van der Waals surface area contributed by atoms with Gasteiger partial charge in [-0.05, 0) is 13.0 Å². The molecule has 3 nitrogen and oxygen atoms in total. The second kappa shape index (κ2) is 4.95. The lowest BCUT2D eigenvalue weighted by atomic mass is 9.97. The zero-order chi connectivity index (χ0) is 12.2. The third kappa shape index (κ3) is 2.15. The summed E-state index contributed by atoms with van der Waals surface area (Å²) in [5, 5.41) is 8.79. The number of benzene rings is 1. The van der Waals surface area contributed by atoms with Crippen molar-refractivity contribution in [3.63, 3.8) is 0 Å². The molecule has 0 unspecified atom stereocenters. The summed E-state index contributed by atoms with van der Waals surface area (Å²) in [6.07, 6.45) is 0. The SMILES string of the molecule is CCOC(=O)[C@](F)(C#N)c1ccccc1Cl. The molecule has 0 aliphatic rings. The molecule has 1 rings (SSSR count). The van der Waals surface area contributed by atoms with Crippen molar-refractivity contribution in [2.24, 2.45) is 0 Å². The Balaban J connectivity index is 3.21. The number of carbonyl (C=O) groups excluding carboxylic acids is 1. The van der Waals surface area contributed by atoms with Gasteiger partial charge in [-0.1, -0.05) is 29.8 Å². The van der Waals surface area contributed by atoms with E-state index in [0.29, 0.717) is 0 Å². The van der Waals surface area contributed by atoms with E-state index in [4.69, 9.17) is 16.9 Å². The van der Waals surface area contributed by atoms with Crippen LogP contribution in [0.2, 0.25) is 5.02 Å². The van der Waals surface area contributed by atoms with Gasteiger partial charge in [-0.15, -0.1) is 0 Å². The monoisotopic (exact) mass is 241 g/mol. The van der Waals surface area contributed by atoms with Crippen molar-refractivity contribution in [1.29, 1.82) is 5.26 Å². The number of alkyl halides is 1. The maximum absolute atomic E-state index is 14.2. The second-order valence-corrected chi connectivity index (χ2v) is 3.38. The molecule has 0 aliphatic heterocycles. The number of nitrogens with zero attached hydrogens (tertiary/aromatic N) is 1. The van der Waals surface area contributed by atoms with Gasteiger partial charge < -0.3 is 4.74 Å². The minimum absolute atomic E-state index is 0.00334. The zero-order valence-electron chi connectivity index (χ0n) is 8.54. The molecule has 84 valence electrons. The van der Waals surface area contributed by atoms with E-state index >= 15 is 0 Å². The Morgan fingerprint density at radius 3 is 2.75 bits per heavy atom. The first-order chi connectivity index (χ1) is 7.56. The second-order valence-electron chi connectivity index (χ2n) is 2.97. The summed E-state index contributed by atoms with van der Waals surface area (Å²) in [4.78, 5) is 11.4. The van der Waals surface area contributed by atoms with Crippen LogP contribution in [0.1, 0.15) is 12.5 Å². The van der Waals surface area contributed by atoms with Crippen molar-refractivity contribution in [3.8, 4) is 6.07 Å². The van der Waals surface area contributed by atoms with Gasteiger partial charge in [0.1, 0.15) is 6.07 Å². The molecule has 0 radical (unpaired) electrons. The molecule has 16 heavy (non-hydrogen) atoms. The van der Waals surface area contributed by atoms with Crippen LogP contribution in [-0.2, 0) is 15.2 Å². The fraction of sp³-hybridized carbons (Fsp3) is 0.273. The van der Waals surface area contributed by atoms with Gasteiger partial charge in [0.05, 0.1) is 6.61 Å². The molecule has 0 saturated heterocycles. The van der Waals surface area contributed by atoms with E-state index in [9.17, 15) is 9.18 Å². The Morgan fingerprint density at radius 2 is 2.25 bits per heavy atom. The summed E-state index contributed by atoms with van der Waals surface area (Å²) in [6.45, 7) is 1.53. The van der Waals surface area contributed by atoms with Gasteiger partial charge in [-0.2, -0.15) is 5.26 Å². The van der Waals surface area contributed by atoms with E-state index in [1.54, 1.807) is 6.07 Å². The van der Waals surface area contributed by atoms with Crippen molar-refractivity contribution >= 4 is 17.6 Å². The van der Waals surface area contributed by atoms with Crippen molar-refractivity contribution in [2.45, 2.75) is 12.6 Å². The molecule has 0 spiro atoms. The molecule has 5 heteroatoms. The number of hydrogen-bond donors (Lipinski definition) is 0. The van der Waals surface area contributed by atoms with Crippen LogP contribution in [0.5, 0.6) is 0 Å². The summed E-state index contributed by atoms with van der Waals surface area (Å²) in [6, 6.07) is 7.05. The zero-order valence-corrected chi connectivity index (χ0v) is 9.29. The Hall–Kier alpha value is -1.60. The topological polar surface area (TPSA) is 50.1 Å². The number of carbonyl (C=O) groups is 1. The van der Waals surface area contributed by atoms with Gasteiger partial charge >= 0.3 is 11.6 Å². The maximum Gasteiger partial charge on any atom is 0.363 e. The largest absolute Gasteiger partial charge is 0.463 e. The molecule has 1 aromatic rings. The van der Waals surface area contributed by atoms with E-state index in [1.165, 1.54) is 31.2 Å². The van der Waals surface area contributed by atoms with Crippen LogP contribution in [0.4, 0.5) is 4.39 Å². The predicted octanol–water partition coefficient (Wildman–Crippen LogP) is 2.59. The van der Waals surface area contributed by atoms with Crippen LogP contribution in [0.3, 0.4) is 0 Å². The number of esters is 1. The van der Waals surface area contributed by atoms with Crippen LogP contribution in [0.15, 0.2) is 24.3 Å². The molecule has 0 saturated carbocycles. The summed E-state index contributed by atoms with van der Waals surface area (Å²) in [7, 11) is 0. The van der Waals surface area contributed by atoms with Crippen molar-refractivity contribution in [3.05, 3.63) is 34.9 Å². The number of ether oxygens (including phenoxy) is 1. The van der Waals surface area contributed by atoms with Crippen LogP contribution < -0.4 is 0 Å². The molecule has 0 fully saturated rings.